The van der Waals surface area contributed by atoms with Crippen molar-refractivity contribution in [2.45, 2.75) is 40.2 Å². The van der Waals surface area contributed by atoms with E-state index >= 15 is 0 Å². The number of allylic oxidation sites excluding steroid dienone is 6. The van der Waals surface area contributed by atoms with Crippen LogP contribution in [0.1, 0.15) is 42.0 Å². The first kappa shape index (κ1) is 22.1. The zero-order chi connectivity index (χ0) is 16.2. The van der Waals surface area contributed by atoms with Crippen molar-refractivity contribution in [1.29, 1.82) is 0 Å². The normalized spacial score (nSPS) is 19.8. The molecular formula is C20H30Cl2HfSi. The van der Waals surface area contributed by atoms with Gasteiger partial charge in [-0.1, -0.05) is 0 Å². The summed E-state index contributed by atoms with van der Waals surface area (Å²) in [5.74, 6) is 0. The largest absolute Gasteiger partial charge is 0.147 e. The minimum Gasteiger partial charge on any atom is -0.147 e. The average Bonchev–Trinajstić information content (AvgIpc) is 3.06. The van der Waals surface area contributed by atoms with E-state index in [0.29, 0.717) is 3.67 Å². The van der Waals surface area contributed by atoms with Gasteiger partial charge in [-0.3, -0.25) is 0 Å². The Morgan fingerprint density at radius 3 is 2.25 bits per heavy atom. The summed E-state index contributed by atoms with van der Waals surface area (Å²) in [6, 6.07) is 9.15. The molecular weight excluding hydrogens is 518 g/mol. The van der Waals surface area contributed by atoms with Crippen molar-refractivity contribution in [2.75, 3.05) is 0 Å². The molecule has 0 heterocycles. The minimum atomic E-state index is -3.10. The van der Waals surface area contributed by atoms with Crippen LogP contribution < -0.4 is 0 Å². The van der Waals surface area contributed by atoms with E-state index in [4.69, 9.17) is 0 Å². The van der Waals surface area contributed by atoms with Crippen LogP contribution in [0, 0.1) is 5.41 Å². The summed E-state index contributed by atoms with van der Waals surface area (Å²) >= 11 is -3.10. The van der Waals surface area contributed by atoms with Crippen LogP contribution in [0.15, 0.2) is 51.9 Å². The van der Waals surface area contributed by atoms with Crippen molar-refractivity contribution in [1.82, 2.24) is 0 Å². The topological polar surface area (TPSA) is 0 Å². The summed E-state index contributed by atoms with van der Waals surface area (Å²) in [7, 11) is 0. The quantitative estimate of drug-likeness (QED) is 0.387. The van der Waals surface area contributed by atoms with Crippen molar-refractivity contribution in [3.05, 3.63) is 63.0 Å². The van der Waals surface area contributed by atoms with Crippen LogP contribution in [-0.4, -0.2) is 6.94 Å². The molecule has 1 atom stereocenters. The number of rotatable bonds is 2. The van der Waals surface area contributed by atoms with Gasteiger partial charge in [0.1, 0.15) is 0 Å². The second-order valence-electron chi connectivity index (χ2n) is 9.03. The molecule has 1 aromatic carbocycles. The zero-order valence-electron chi connectivity index (χ0n) is 15.4. The first-order chi connectivity index (χ1) is 10.1. The maximum Gasteiger partial charge on any atom is -0.147 e. The van der Waals surface area contributed by atoms with Crippen LogP contribution in [0.5, 0.6) is 0 Å². The molecule has 0 aromatic heterocycles. The molecule has 0 nitrogen and oxygen atoms in total. The Morgan fingerprint density at radius 1 is 1.08 bits per heavy atom. The number of benzene rings is 1. The van der Waals surface area contributed by atoms with E-state index in [9.17, 15) is 0 Å². The Hall–Kier alpha value is 0.107. The summed E-state index contributed by atoms with van der Waals surface area (Å²) in [5, 5.41) is 0. The monoisotopic (exact) mass is 548 g/mol. The molecule has 24 heavy (non-hydrogen) atoms. The van der Waals surface area contributed by atoms with Gasteiger partial charge in [0.15, 0.2) is 0 Å². The van der Waals surface area contributed by atoms with Gasteiger partial charge in [-0.05, 0) is 0 Å². The van der Waals surface area contributed by atoms with Gasteiger partial charge in [0.25, 0.3) is 0 Å². The van der Waals surface area contributed by atoms with Crippen molar-refractivity contribution in [3.8, 4) is 0 Å². The summed E-state index contributed by atoms with van der Waals surface area (Å²) in [5.41, 5.74) is 4.87. The molecule has 1 unspecified atom stereocenters. The van der Waals surface area contributed by atoms with E-state index in [-0.39, 0.29) is 30.2 Å². The Labute approximate surface area is 162 Å². The maximum absolute atomic E-state index is 3.10. The SMILES string of the molecule is CC(C)(C)C1=C[CH]([Hf]([CH3])([CH3])(=[SiH2])[C]2=CC=CC2)c2ccccc21.Cl.Cl. The molecule has 0 bridgehead atoms. The summed E-state index contributed by atoms with van der Waals surface area (Å²) < 4.78 is 7.73. The molecule has 0 aliphatic heterocycles. The van der Waals surface area contributed by atoms with E-state index in [1.165, 1.54) is 12.0 Å². The molecule has 0 spiro atoms. The van der Waals surface area contributed by atoms with Crippen molar-refractivity contribution in [3.63, 3.8) is 0 Å². The molecule has 132 valence electrons. The van der Waals surface area contributed by atoms with Crippen LogP contribution in [-0.2, 0) is 17.1 Å². The molecule has 0 amide bonds. The van der Waals surface area contributed by atoms with Gasteiger partial charge in [0.05, 0.1) is 0 Å². The standard InChI is InChI=1S/C13H15.C5H5.2CH3.2ClH.Hf.H2Si/c1-13(2,3)12-9-8-10-6-4-5-7-11(10)12;1-2-4-5-3-1;;;;;;/h4-9H,1-3H3;1-3H,4H2;2*1H3;2*1H;;1H2. The van der Waals surface area contributed by atoms with Crippen LogP contribution in [0.4, 0.5) is 0 Å². The third-order valence-corrected chi connectivity index (χ3v) is 30.7. The predicted molar refractivity (Wildman–Crippen MR) is 113 cm³/mol. The van der Waals surface area contributed by atoms with Crippen LogP contribution in [0.3, 0.4) is 0 Å². The average molecular weight is 548 g/mol. The molecule has 0 saturated heterocycles. The first-order valence-electron chi connectivity index (χ1n) is 8.35. The van der Waals surface area contributed by atoms with E-state index < -0.39 is 17.1 Å². The smallest absolute Gasteiger partial charge is 0.147 e. The Bertz CT molecular complexity index is 788. The third-order valence-electron chi connectivity index (χ3n) is 5.55. The molecule has 0 saturated carbocycles. The van der Waals surface area contributed by atoms with Gasteiger partial charge in [-0.2, -0.15) is 0 Å². The Kier molecular flexibility index (Phi) is 6.48. The van der Waals surface area contributed by atoms with E-state index in [2.05, 4.69) is 85.6 Å². The first-order valence-corrected chi connectivity index (χ1v) is 27.7. The number of hydrogen-bond acceptors (Lipinski definition) is 0. The fraction of sp³-hybridized carbons (Fsp3) is 0.400. The number of halogens is 2. The fourth-order valence-corrected chi connectivity index (χ4v) is 22.5. The van der Waals surface area contributed by atoms with Crippen molar-refractivity contribution in [2.24, 2.45) is 5.41 Å². The fourth-order valence-electron chi connectivity index (χ4n) is 4.04. The molecule has 1 aromatic rings. The zero-order valence-corrected chi connectivity index (χ0v) is 22.1. The van der Waals surface area contributed by atoms with Crippen LogP contribution >= 0.6 is 24.8 Å². The van der Waals surface area contributed by atoms with Gasteiger partial charge in [-0.25, -0.2) is 0 Å². The van der Waals surface area contributed by atoms with E-state index in [0.717, 1.165) is 0 Å². The third kappa shape index (κ3) is 3.63. The van der Waals surface area contributed by atoms with Crippen LogP contribution in [0.25, 0.3) is 5.57 Å². The Morgan fingerprint density at radius 2 is 1.71 bits per heavy atom. The van der Waals surface area contributed by atoms with Crippen molar-refractivity contribution >= 4 is 37.3 Å². The van der Waals surface area contributed by atoms with E-state index in [1.54, 1.807) is 14.5 Å². The summed E-state index contributed by atoms with van der Waals surface area (Å²) in [4.78, 5) is 0. The molecule has 2 aliphatic rings. The molecule has 0 N–H and O–H groups in total. The van der Waals surface area contributed by atoms with Gasteiger partial charge in [0.2, 0.25) is 0 Å². The van der Waals surface area contributed by atoms with E-state index in [1.807, 2.05) is 0 Å². The van der Waals surface area contributed by atoms with Crippen molar-refractivity contribution < 1.29 is 17.1 Å². The van der Waals surface area contributed by atoms with Gasteiger partial charge < -0.3 is 0 Å². The second kappa shape index (κ2) is 7.02. The predicted octanol–water partition coefficient (Wildman–Crippen LogP) is 6.19. The maximum atomic E-state index is 2.65. The van der Waals surface area contributed by atoms with Gasteiger partial charge in [-0.15, -0.1) is 24.8 Å². The molecule has 0 radical (unpaired) electrons. The molecule has 2 aliphatic carbocycles. The number of fused-ring (bicyclic) bond motifs is 1. The second-order valence-corrected chi connectivity index (χ2v) is 51.6. The molecule has 0 fully saturated rings. The van der Waals surface area contributed by atoms with Gasteiger partial charge >= 0.3 is 138 Å². The van der Waals surface area contributed by atoms with Gasteiger partial charge in [0, 0.05) is 0 Å². The summed E-state index contributed by atoms with van der Waals surface area (Å²) in [6.45, 7) is 9.43. The summed E-state index contributed by atoms with van der Waals surface area (Å²) in [6.07, 6.45) is 10.9. The minimum absolute atomic E-state index is 0. The number of hydrogen-bond donors (Lipinski definition) is 0. The molecule has 4 heteroatoms. The Balaban J connectivity index is 0.00000144. The van der Waals surface area contributed by atoms with Crippen LogP contribution in [0.2, 0.25) is 9.36 Å². The molecule has 3 rings (SSSR count).